The minimum Gasteiger partial charge on any atom is -0.478 e. The van der Waals surface area contributed by atoms with E-state index in [0.717, 1.165) is 0 Å². The van der Waals surface area contributed by atoms with Crippen molar-refractivity contribution in [3.63, 3.8) is 0 Å². The summed E-state index contributed by atoms with van der Waals surface area (Å²) in [6, 6.07) is 0. The van der Waals surface area contributed by atoms with E-state index in [1.807, 2.05) is 27.7 Å². The van der Waals surface area contributed by atoms with Gasteiger partial charge in [0.15, 0.2) is 0 Å². The Bertz CT molecular complexity index is 122. The molecule has 12 heavy (non-hydrogen) atoms. The van der Waals surface area contributed by atoms with Crippen LogP contribution in [-0.4, -0.2) is 22.2 Å². The molecule has 0 bridgehead atoms. The van der Waals surface area contributed by atoms with Gasteiger partial charge in [0.05, 0.1) is 0 Å². The molecule has 0 aliphatic carbocycles. The highest BCUT2D eigenvalue weighted by Crippen LogP contribution is 1.70. The van der Waals surface area contributed by atoms with Gasteiger partial charge in [-0.3, -0.25) is 0 Å². The molecular weight excluding hydrogens is 160 g/mol. The van der Waals surface area contributed by atoms with Gasteiger partial charge in [-0.2, -0.15) is 0 Å². The molecule has 0 aliphatic heterocycles. The Hall–Kier alpha value is -1.32. The van der Waals surface area contributed by atoms with Crippen molar-refractivity contribution in [2.24, 2.45) is 0 Å². The van der Waals surface area contributed by atoms with Crippen molar-refractivity contribution >= 4 is 11.9 Å². The second-order valence-electron chi connectivity index (χ2n) is 1.01. The van der Waals surface area contributed by atoms with Gasteiger partial charge in [0.2, 0.25) is 0 Å². The average Bonchev–Trinajstić information content (AvgIpc) is 2.08. The molecule has 0 aromatic heterocycles. The summed E-state index contributed by atoms with van der Waals surface area (Å²) in [5.41, 5.74) is 0. The number of carboxylic acid groups (broad SMARTS) is 2. The third kappa shape index (κ3) is 37.8. The monoisotopic (exact) mass is 176 g/mol. The first kappa shape index (κ1) is 17.0. The molecule has 4 nitrogen and oxygen atoms in total. The smallest absolute Gasteiger partial charge is 0.328 e. The fourth-order valence-corrected chi connectivity index (χ4v) is 0.143. The van der Waals surface area contributed by atoms with Gasteiger partial charge >= 0.3 is 11.9 Å². The average molecular weight is 176 g/mol. The summed E-state index contributed by atoms with van der Waals surface area (Å²) in [5, 5.41) is 15.6. The number of rotatable bonds is 2. The fraction of sp³-hybridized carbons (Fsp3) is 0.500. The first-order valence-corrected chi connectivity index (χ1v) is 3.77. The number of aliphatic carboxylic acids is 2. The van der Waals surface area contributed by atoms with Crippen molar-refractivity contribution in [2.75, 3.05) is 0 Å². The lowest BCUT2D eigenvalue weighted by Gasteiger charge is -1.74. The van der Waals surface area contributed by atoms with Crippen molar-refractivity contribution in [3.8, 4) is 0 Å². The Kier molecular flexibility index (Phi) is 23.1. The van der Waals surface area contributed by atoms with Gasteiger partial charge in [-0.25, -0.2) is 9.59 Å². The van der Waals surface area contributed by atoms with Crippen LogP contribution in [0.4, 0.5) is 0 Å². The van der Waals surface area contributed by atoms with Crippen molar-refractivity contribution in [3.05, 3.63) is 12.2 Å². The van der Waals surface area contributed by atoms with E-state index in [1.54, 1.807) is 0 Å². The predicted octanol–water partition coefficient (Wildman–Crippen LogP) is 1.76. The molecule has 0 unspecified atom stereocenters. The quantitative estimate of drug-likeness (QED) is 0.629. The predicted molar refractivity (Wildman–Crippen MR) is 47.1 cm³/mol. The van der Waals surface area contributed by atoms with Crippen LogP contribution in [0.25, 0.3) is 0 Å². The fourth-order valence-electron chi connectivity index (χ4n) is 0.143. The molecular formula is C8H16O4. The highest BCUT2D eigenvalue weighted by Gasteiger charge is 1.88. The van der Waals surface area contributed by atoms with Crippen LogP contribution in [0.15, 0.2) is 12.2 Å². The summed E-state index contributed by atoms with van der Waals surface area (Å²) in [6.07, 6.45) is 1.12. The summed E-state index contributed by atoms with van der Waals surface area (Å²) < 4.78 is 0. The van der Waals surface area contributed by atoms with Gasteiger partial charge in [0, 0.05) is 12.2 Å². The van der Waals surface area contributed by atoms with E-state index < -0.39 is 11.9 Å². The normalized spacial score (nSPS) is 7.33. The molecule has 0 radical (unpaired) electrons. The maximum Gasteiger partial charge on any atom is 0.328 e. The van der Waals surface area contributed by atoms with E-state index in [4.69, 9.17) is 10.2 Å². The van der Waals surface area contributed by atoms with Gasteiger partial charge in [0.25, 0.3) is 0 Å². The van der Waals surface area contributed by atoms with Crippen LogP contribution in [0.2, 0.25) is 0 Å². The zero-order valence-corrected chi connectivity index (χ0v) is 7.87. The first-order valence-electron chi connectivity index (χ1n) is 3.77. The molecule has 0 fully saturated rings. The molecule has 0 heterocycles. The van der Waals surface area contributed by atoms with Crippen molar-refractivity contribution < 1.29 is 19.8 Å². The molecule has 0 amide bonds. The Labute approximate surface area is 72.5 Å². The molecule has 0 aromatic carbocycles. The summed E-state index contributed by atoms with van der Waals surface area (Å²) in [7, 11) is 0. The van der Waals surface area contributed by atoms with Crippen molar-refractivity contribution in [1.82, 2.24) is 0 Å². The molecule has 2 N–H and O–H groups in total. The molecule has 0 aliphatic rings. The Morgan fingerprint density at radius 2 is 1.00 bits per heavy atom. The van der Waals surface area contributed by atoms with Crippen molar-refractivity contribution in [2.45, 2.75) is 27.7 Å². The Morgan fingerprint density at radius 1 is 0.833 bits per heavy atom. The third-order valence-corrected chi connectivity index (χ3v) is 0.368. The topological polar surface area (TPSA) is 74.6 Å². The SMILES string of the molecule is CC.CC.O=C(O)/C=C/C(=O)O. The molecule has 0 saturated carbocycles. The maximum absolute atomic E-state index is 9.55. The maximum atomic E-state index is 9.55. The molecule has 72 valence electrons. The van der Waals surface area contributed by atoms with E-state index in [2.05, 4.69) is 0 Å². The summed E-state index contributed by atoms with van der Waals surface area (Å²) >= 11 is 0. The first-order chi connectivity index (χ1) is 5.63. The standard InChI is InChI=1S/C4H4O4.2C2H6/c5-3(6)1-2-4(7)8;2*1-2/h1-2H,(H,5,6)(H,7,8);2*1-2H3/b2-1+;;. The Balaban J connectivity index is -0.000000175. The lowest BCUT2D eigenvalue weighted by molar-refractivity contribution is -0.134. The van der Waals surface area contributed by atoms with Crippen molar-refractivity contribution in [1.29, 1.82) is 0 Å². The minimum atomic E-state index is -1.26. The van der Waals surface area contributed by atoms with E-state index in [1.165, 1.54) is 0 Å². The van der Waals surface area contributed by atoms with E-state index in [0.29, 0.717) is 12.2 Å². The zero-order valence-electron chi connectivity index (χ0n) is 7.87. The van der Waals surface area contributed by atoms with Gasteiger partial charge in [-0.05, 0) is 0 Å². The summed E-state index contributed by atoms with van der Waals surface area (Å²) in [4.78, 5) is 19.1. The van der Waals surface area contributed by atoms with Crippen LogP contribution < -0.4 is 0 Å². The van der Waals surface area contributed by atoms with Gasteiger partial charge in [-0.15, -0.1) is 0 Å². The van der Waals surface area contributed by atoms with Gasteiger partial charge in [0.1, 0.15) is 0 Å². The second-order valence-corrected chi connectivity index (χ2v) is 1.01. The van der Waals surface area contributed by atoms with Crippen LogP contribution in [0.5, 0.6) is 0 Å². The molecule has 0 atom stereocenters. The number of hydrogen-bond donors (Lipinski definition) is 2. The summed E-state index contributed by atoms with van der Waals surface area (Å²) in [6.45, 7) is 8.00. The largest absolute Gasteiger partial charge is 0.478 e. The Morgan fingerprint density at radius 3 is 1.08 bits per heavy atom. The summed E-state index contributed by atoms with van der Waals surface area (Å²) in [5.74, 6) is -2.51. The van der Waals surface area contributed by atoms with Gasteiger partial charge < -0.3 is 10.2 Å². The molecule has 0 rings (SSSR count). The highest BCUT2D eigenvalue weighted by molar-refractivity contribution is 5.89. The van der Waals surface area contributed by atoms with Crippen LogP contribution >= 0.6 is 0 Å². The number of hydrogen-bond acceptors (Lipinski definition) is 2. The lowest BCUT2D eigenvalue weighted by Crippen LogP contribution is -1.91. The minimum absolute atomic E-state index is 0.558. The second kappa shape index (κ2) is 16.3. The lowest BCUT2D eigenvalue weighted by atomic mass is 10.5. The molecule has 0 aromatic rings. The molecule has 0 saturated heterocycles. The zero-order chi connectivity index (χ0) is 10.6. The van der Waals surface area contributed by atoms with E-state index >= 15 is 0 Å². The van der Waals surface area contributed by atoms with Crippen LogP contribution in [0.1, 0.15) is 27.7 Å². The van der Waals surface area contributed by atoms with Gasteiger partial charge in [-0.1, -0.05) is 27.7 Å². The van der Waals surface area contributed by atoms with Crippen LogP contribution in [0.3, 0.4) is 0 Å². The van der Waals surface area contributed by atoms with E-state index in [9.17, 15) is 9.59 Å². The van der Waals surface area contributed by atoms with E-state index in [-0.39, 0.29) is 0 Å². The van der Waals surface area contributed by atoms with Crippen LogP contribution in [0, 0.1) is 0 Å². The third-order valence-electron chi connectivity index (χ3n) is 0.368. The molecule has 4 heteroatoms. The highest BCUT2D eigenvalue weighted by atomic mass is 16.4. The molecule has 0 spiro atoms. The number of carboxylic acids is 2. The van der Waals surface area contributed by atoms with Crippen LogP contribution in [-0.2, 0) is 9.59 Å². The number of carbonyl (C=O) groups is 2.